The summed E-state index contributed by atoms with van der Waals surface area (Å²) >= 11 is 0. The van der Waals surface area contributed by atoms with E-state index in [-0.39, 0.29) is 5.57 Å². The highest BCUT2D eigenvalue weighted by molar-refractivity contribution is 6.15. The van der Waals surface area contributed by atoms with Gasteiger partial charge in [0.25, 0.3) is 0 Å². The fraction of sp³-hybridized carbons (Fsp3) is 0.200. The first kappa shape index (κ1) is 14.4. The number of carbonyl (C=O) groups is 2. The van der Waals surface area contributed by atoms with Gasteiger partial charge in [-0.05, 0) is 6.92 Å². The van der Waals surface area contributed by atoms with Crippen LogP contribution in [0, 0.1) is 0 Å². The predicted octanol–water partition coefficient (Wildman–Crippen LogP) is -2.75. The van der Waals surface area contributed by atoms with Gasteiger partial charge in [-0.2, -0.15) is 5.48 Å². The van der Waals surface area contributed by atoms with E-state index >= 15 is 0 Å². The minimum absolute atomic E-state index is 0.189. The number of hydrogen-bond acceptors (Lipinski definition) is 4. The van der Waals surface area contributed by atoms with Crippen LogP contribution in [-0.4, -0.2) is 33.0 Å². The van der Waals surface area contributed by atoms with E-state index in [1.165, 1.54) is 6.92 Å². The molecule has 0 unspecified atom stereocenters. The van der Waals surface area contributed by atoms with E-state index in [2.05, 4.69) is 21.3 Å². The molecule has 6 nitrogen and oxygen atoms in total. The van der Waals surface area contributed by atoms with E-state index in [0.29, 0.717) is 0 Å². The highest BCUT2D eigenvalue weighted by atomic mass is 28.3. The maximum atomic E-state index is 10.5. The maximum absolute atomic E-state index is 10.5. The number of amides is 2. The Kier molecular flexibility index (Phi) is 9.93. The van der Waals surface area contributed by atoms with Gasteiger partial charge in [-0.15, -0.1) is 0 Å². The normalized spacial score (nSPS) is 8.08. The minimum Gasteiger partial charge on any atom is -0.471 e. The van der Waals surface area contributed by atoms with Crippen LogP contribution in [0.1, 0.15) is 6.92 Å². The van der Waals surface area contributed by atoms with E-state index in [9.17, 15) is 9.59 Å². The zero-order valence-corrected chi connectivity index (χ0v) is 11.9. The van der Waals surface area contributed by atoms with Crippen LogP contribution in [0.5, 0.6) is 0 Å². The number of urea groups is 1. The lowest BCUT2D eigenvalue weighted by molar-refractivity contribution is -0.143. The summed E-state index contributed by atoms with van der Waals surface area (Å²) in [5.74, 6) is -0.709. The van der Waals surface area contributed by atoms with E-state index in [1.54, 1.807) is 5.48 Å². The van der Waals surface area contributed by atoms with Crippen LogP contribution in [0.2, 0.25) is 0 Å². The number of hydrogen-bond donors (Lipinski definition) is 2. The lowest BCUT2D eigenvalue weighted by Crippen LogP contribution is -2.31. The molecule has 76 valence electrons. The van der Waals surface area contributed by atoms with Gasteiger partial charge in [-0.3, -0.25) is 0 Å². The Morgan fingerprint density at radius 2 is 1.85 bits per heavy atom. The van der Waals surface area contributed by atoms with Crippen LogP contribution in [-0.2, 0) is 13.7 Å². The third kappa shape index (κ3) is 13.8. The van der Waals surface area contributed by atoms with Crippen LogP contribution in [0.15, 0.2) is 12.2 Å². The fourth-order valence-electron chi connectivity index (χ4n) is 0.184. The number of primary amides is 1. The topological polar surface area (TPSA) is 90.6 Å². The van der Waals surface area contributed by atoms with E-state index in [1.807, 2.05) is 0 Å². The molecule has 13 heavy (non-hydrogen) atoms. The summed E-state index contributed by atoms with van der Waals surface area (Å²) in [5.41, 5.74) is 6.43. The molecule has 3 N–H and O–H groups in total. The Bertz CT molecular complexity index is 197. The van der Waals surface area contributed by atoms with Crippen molar-refractivity contribution in [3.8, 4) is 0 Å². The fourth-order valence-corrected chi connectivity index (χ4v) is 0.184. The van der Waals surface area contributed by atoms with Gasteiger partial charge in [-0.25, -0.2) is 9.59 Å². The van der Waals surface area contributed by atoms with E-state index in [0.717, 1.165) is 21.0 Å². The highest BCUT2D eigenvalue weighted by Gasteiger charge is 2.02. The number of rotatable bonds is 1. The van der Waals surface area contributed by atoms with Gasteiger partial charge in [0.2, 0.25) is 0 Å². The molecule has 0 radical (unpaired) electrons. The second-order valence-electron chi connectivity index (χ2n) is 2.04. The molecule has 0 aliphatic heterocycles. The smallest absolute Gasteiger partial charge is 0.358 e. The molecular formula is C5H14N2O4Si2. The van der Waals surface area contributed by atoms with Crippen molar-refractivity contribution in [2.45, 2.75) is 6.92 Å². The quantitative estimate of drug-likeness (QED) is 0.286. The monoisotopic (exact) mass is 222 g/mol. The maximum Gasteiger partial charge on any atom is 0.358 e. The Balaban J connectivity index is 0. The molecule has 0 aliphatic rings. The van der Waals surface area contributed by atoms with Gasteiger partial charge in [0.1, 0.15) is 21.0 Å². The lowest BCUT2D eigenvalue weighted by Gasteiger charge is -2.00. The molecule has 2 amide bonds. The Morgan fingerprint density at radius 3 is 2.08 bits per heavy atom. The molecule has 0 saturated carbocycles. The first-order chi connectivity index (χ1) is 5.95. The lowest BCUT2D eigenvalue weighted by atomic mass is 10.4. The average Bonchev–Trinajstić information content (AvgIpc) is 2.01. The summed E-state index contributed by atoms with van der Waals surface area (Å²) in [7, 11) is 1.86. The summed E-state index contributed by atoms with van der Waals surface area (Å²) in [6.45, 7) is 4.72. The van der Waals surface area contributed by atoms with Crippen LogP contribution >= 0.6 is 0 Å². The minimum atomic E-state index is -0.922. The zero-order valence-electron chi connectivity index (χ0n) is 7.92. The standard InChI is InChI=1S/C5H8N2O3.H6OSi2/c1-3(2)4(8)10-7-5(6)9;2-1-3/h1H2,2H3,(H3,6,7,9);2-3H3. The molecular weight excluding hydrogens is 208 g/mol. The number of nitrogens with one attached hydrogen (secondary N) is 1. The Hall–Kier alpha value is -1.13. The summed E-state index contributed by atoms with van der Waals surface area (Å²) in [6.07, 6.45) is 0. The number of hydroxylamine groups is 1. The summed E-state index contributed by atoms with van der Waals surface area (Å²) in [5, 5.41) is 0. The molecule has 0 atom stereocenters. The van der Waals surface area contributed by atoms with Gasteiger partial charge < -0.3 is 14.7 Å². The van der Waals surface area contributed by atoms with Gasteiger partial charge in [0, 0.05) is 5.57 Å². The average molecular weight is 222 g/mol. The van der Waals surface area contributed by atoms with Crippen molar-refractivity contribution in [3.63, 3.8) is 0 Å². The second kappa shape index (κ2) is 8.97. The van der Waals surface area contributed by atoms with Crippen molar-refractivity contribution in [3.05, 3.63) is 12.2 Å². The van der Waals surface area contributed by atoms with Crippen LogP contribution < -0.4 is 11.2 Å². The molecule has 0 aromatic heterocycles. The second-order valence-corrected chi connectivity index (χ2v) is 5.31. The molecule has 0 heterocycles. The Labute approximate surface area is 82.5 Å². The SMILES string of the molecule is C=C(C)C(=O)ONC(N)=O.[SiH3]O[SiH3]. The highest BCUT2D eigenvalue weighted by Crippen LogP contribution is 1.87. The Morgan fingerprint density at radius 1 is 1.46 bits per heavy atom. The van der Waals surface area contributed by atoms with Crippen LogP contribution in [0.25, 0.3) is 0 Å². The first-order valence-corrected chi connectivity index (χ1v) is 4.91. The van der Waals surface area contributed by atoms with Crippen molar-refractivity contribution >= 4 is 33.0 Å². The van der Waals surface area contributed by atoms with E-state index in [4.69, 9.17) is 0 Å². The molecule has 0 fully saturated rings. The molecule has 0 aliphatic carbocycles. The number of nitrogens with two attached hydrogens (primary N) is 1. The van der Waals surface area contributed by atoms with Crippen LogP contribution in [0.3, 0.4) is 0 Å². The first-order valence-electron chi connectivity index (χ1n) is 3.28. The molecule has 0 saturated heterocycles. The zero-order chi connectivity index (χ0) is 10.9. The molecule has 0 spiro atoms. The third-order valence-corrected chi connectivity index (χ3v) is 0.593. The summed E-state index contributed by atoms with van der Waals surface area (Å²) in [4.78, 5) is 24.5. The third-order valence-electron chi connectivity index (χ3n) is 0.593. The van der Waals surface area contributed by atoms with Crippen molar-refractivity contribution in [1.82, 2.24) is 5.48 Å². The molecule has 0 rings (SSSR count). The molecule has 0 aromatic carbocycles. The summed E-state index contributed by atoms with van der Waals surface area (Å²) in [6, 6.07) is -0.922. The largest absolute Gasteiger partial charge is 0.471 e. The van der Waals surface area contributed by atoms with Crippen molar-refractivity contribution in [1.29, 1.82) is 0 Å². The van der Waals surface area contributed by atoms with Gasteiger partial charge in [-0.1, -0.05) is 6.58 Å². The van der Waals surface area contributed by atoms with Gasteiger partial charge in [0.05, 0.1) is 0 Å². The van der Waals surface area contributed by atoms with Crippen LogP contribution in [0.4, 0.5) is 4.79 Å². The van der Waals surface area contributed by atoms with Crippen molar-refractivity contribution < 1.29 is 18.5 Å². The van der Waals surface area contributed by atoms with Crippen molar-refractivity contribution in [2.75, 3.05) is 0 Å². The number of carbonyl (C=O) groups excluding carboxylic acids is 2. The molecule has 8 heteroatoms. The van der Waals surface area contributed by atoms with Gasteiger partial charge >= 0.3 is 12.0 Å². The molecule has 0 bridgehead atoms. The molecule has 0 aromatic rings. The summed E-state index contributed by atoms with van der Waals surface area (Å²) < 4.78 is 4.53. The van der Waals surface area contributed by atoms with Gasteiger partial charge in [0.15, 0.2) is 0 Å². The van der Waals surface area contributed by atoms with Crippen molar-refractivity contribution in [2.24, 2.45) is 5.73 Å². The van der Waals surface area contributed by atoms with E-state index < -0.39 is 12.0 Å². The predicted molar refractivity (Wildman–Crippen MR) is 54.6 cm³/mol.